The molecule has 0 aliphatic carbocycles. The number of amidine groups is 1. The number of nitrogens with zero attached hydrogens (tertiary/aromatic N) is 4. The third-order valence-corrected chi connectivity index (χ3v) is 2.22. The van der Waals surface area contributed by atoms with Gasteiger partial charge in [-0.15, -0.1) is 0 Å². The third kappa shape index (κ3) is 2.31. The molecule has 2 heterocycles. The molecule has 0 bridgehead atoms. The van der Waals surface area contributed by atoms with Gasteiger partial charge in [-0.2, -0.15) is 5.10 Å². The molecule has 0 saturated heterocycles. The summed E-state index contributed by atoms with van der Waals surface area (Å²) in [5.74, 6) is 1.92. The highest BCUT2D eigenvalue weighted by Gasteiger charge is 2.05. The van der Waals surface area contributed by atoms with E-state index < -0.39 is 0 Å². The van der Waals surface area contributed by atoms with Crippen LogP contribution in [0.5, 0.6) is 0 Å². The van der Waals surface area contributed by atoms with Gasteiger partial charge in [0.25, 0.3) is 0 Å². The van der Waals surface area contributed by atoms with Crippen LogP contribution in [0.1, 0.15) is 25.1 Å². The molecule has 2 rings (SSSR count). The lowest BCUT2D eigenvalue weighted by Crippen LogP contribution is -2.25. The van der Waals surface area contributed by atoms with Crippen LogP contribution in [0.4, 0.5) is 0 Å². The van der Waals surface area contributed by atoms with Gasteiger partial charge in [0.05, 0.1) is 12.4 Å². The van der Waals surface area contributed by atoms with Crippen LogP contribution in [0.3, 0.4) is 0 Å². The normalized spacial score (nSPS) is 16.5. The van der Waals surface area contributed by atoms with Gasteiger partial charge in [0.1, 0.15) is 6.33 Å². The second-order valence-electron chi connectivity index (χ2n) is 3.47. The van der Waals surface area contributed by atoms with E-state index in [1.165, 1.54) is 12.8 Å². The largest absolute Gasteiger partial charge is 0.366 e. The van der Waals surface area contributed by atoms with Gasteiger partial charge in [0.2, 0.25) is 0 Å². The smallest absolute Gasteiger partial charge is 0.169 e. The fraction of sp³-hybridized carbons (Fsp3) is 0.667. The zero-order chi connectivity index (χ0) is 9.80. The minimum Gasteiger partial charge on any atom is -0.366 e. The molecule has 0 amide bonds. The Bertz CT molecular complexity index is 328. The van der Waals surface area contributed by atoms with Gasteiger partial charge in [0.15, 0.2) is 5.82 Å². The predicted octanol–water partition coefficient (Wildman–Crippen LogP) is 0.487. The molecule has 5 nitrogen and oxygen atoms in total. The summed E-state index contributed by atoms with van der Waals surface area (Å²) in [5, 5.41) is 7.45. The van der Waals surface area contributed by atoms with E-state index in [1.54, 1.807) is 11.0 Å². The van der Waals surface area contributed by atoms with E-state index in [0.29, 0.717) is 6.54 Å². The first-order chi connectivity index (χ1) is 6.84. The van der Waals surface area contributed by atoms with Crippen molar-refractivity contribution in [2.45, 2.75) is 25.8 Å². The Morgan fingerprint density at radius 3 is 3.07 bits per heavy atom. The predicted molar refractivity (Wildman–Crippen MR) is 54.0 cm³/mol. The molecule has 5 heteroatoms. The van der Waals surface area contributed by atoms with Crippen molar-refractivity contribution in [1.29, 1.82) is 0 Å². The minimum atomic E-state index is 0.680. The average Bonchev–Trinajstić information content (AvgIpc) is 2.63. The van der Waals surface area contributed by atoms with E-state index >= 15 is 0 Å². The highest BCUT2D eigenvalue weighted by Crippen LogP contribution is 2.04. The summed E-state index contributed by atoms with van der Waals surface area (Å²) in [6.07, 6.45) is 5.22. The Labute approximate surface area is 83.3 Å². The maximum absolute atomic E-state index is 4.39. The van der Waals surface area contributed by atoms with Gasteiger partial charge in [-0.25, -0.2) is 4.98 Å². The number of aryl methyl sites for hydroxylation is 1. The summed E-state index contributed by atoms with van der Waals surface area (Å²) >= 11 is 0. The van der Waals surface area contributed by atoms with Gasteiger partial charge in [-0.1, -0.05) is 0 Å². The fourth-order valence-electron chi connectivity index (χ4n) is 1.49. The molecule has 0 saturated carbocycles. The maximum Gasteiger partial charge on any atom is 0.169 e. The molecule has 1 aliphatic heterocycles. The van der Waals surface area contributed by atoms with Crippen molar-refractivity contribution in [3.8, 4) is 0 Å². The summed E-state index contributed by atoms with van der Waals surface area (Å²) in [7, 11) is 1.87. The molecule has 0 aromatic carbocycles. The molecule has 0 fully saturated rings. The third-order valence-electron chi connectivity index (χ3n) is 2.22. The fourth-order valence-corrected chi connectivity index (χ4v) is 1.49. The van der Waals surface area contributed by atoms with Crippen LogP contribution in [-0.2, 0) is 13.6 Å². The lowest BCUT2D eigenvalue weighted by atomic mass is 10.2. The standard InChI is InChI=1S/C9H15N5/c1-14-7-12-9(13-14)6-11-8-4-2-3-5-10-8/h7H,2-6H2,1H3,(H,10,11). The summed E-state index contributed by atoms with van der Waals surface area (Å²) < 4.78 is 1.71. The second-order valence-corrected chi connectivity index (χ2v) is 3.47. The maximum atomic E-state index is 4.39. The SMILES string of the molecule is Cn1cnc(CNC2=NCCCC2)n1. The van der Waals surface area contributed by atoms with Gasteiger partial charge < -0.3 is 5.32 Å². The molecule has 1 aromatic heterocycles. The molecular weight excluding hydrogens is 178 g/mol. The molecule has 1 N–H and O–H groups in total. The molecule has 76 valence electrons. The number of hydrogen-bond acceptors (Lipinski definition) is 4. The summed E-state index contributed by atoms with van der Waals surface area (Å²) in [5.41, 5.74) is 0. The first kappa shape index (κ1) is 9.18. The van der Waals surface area contributed by atoms with E-state index in [9.17, 15) is 0 Å². The highest BCUT2D eigenvalue weighted by molar-refractivity contribution is 5.82. The molecule has 1 aliphatic rings. The van der Waals surface area contributed by atoms with Crippen LogP contribution < -0.4 is 5.32 Å². The quantitative estimate of drug-likeness (QED) is 0.743. The van der Waals surface area contributed by atoms with Crippen molar-refractivity contribution < 1.29 is 0 Å². The van der Waals surface area contributed by atoms with Gasteiger partial charge in [-0.05, 0) is 12.8 Å². The van der Waals surface area contributed by atoms with Crippen LogP contribution >= 0.6 is 0 Å². The molecule has 1 aromatic rings. The first-order valence-corrected chi connectivity index (χ1v) is 4.96. The Balaban J connectivity index is 1.84. The van der Waals surface area contributed by atoms with Crippen molar-refractivity contribution in [2.24, 2.45) is 12.0 Å². The number of rotatable bonds is 2. The summed E-state index contributed by atoms with van der Waals surface area (Å²) in [4.78, 5) is 8.53. The van der Waals surface area contributed by atoms with Crippen LogP contribution in [0.25, 0.3) is 0 Å². The van der Waals surface area contributed by atoms with E-state index in [0.717, 1.165) is 24.6 Å². The Hall–Kier alpha value is -1.39. The van der Waals surface area contributed by atoms with Crippen molar-refractivity contribution in [1.82, 2.24) is 20.1 Å². The van der Waals surface area contributed by atoms with Crippen LogP contribution in [0, 0.1) is 0 Å². The monoisotopic (exact) mass is 193 g/mol. The van der Waals surface area contributed by atoms with E-state index in [-0.39, 0.29) is 0 Å². The zero-order valence-electron chi connectivity index (χ0n) is 8.40. The lowest BCUT2D eigenvalue weighted by molar-refractivity contribution is 0.689. The van der Waals surface area contributed by atoms with Gasteiger partial charge >= 0.3 is 0 Å². The number of aromatic nitrogens is 3. The van der Waals surface area contributed by atoms with E-state index in [1.807, 2.05) is 7.05 Å². The molecule has 0 atom stereocenters. The number of hydrogen-bond donors (Lipinski definition) is 1. The molecule has 0 spiro atoms. The Morgan fingerprint density at radius 1 is 1.50 bits per heavy atom. The average molecular weight is 193 g/mol. The Kier molecular flexibility index (Phi) is 2.76. The molecular formula is C9H15N5. The molecule has 0 unspecified atom stereocenters. The van der Waals surface area contributed by atoms with Crippen molar-refractivity contribution in [3.05, 3.63) is 12.2 Å². The van der Waals surface area contributed by atoms with Crippen LogP contribution in [0.2, 0.25) is 0 Å². The summed E-state index contributed by atoms with van der Waals surface area (Å²) in [6.45, 7) is 1.64. The zero-order valence-corrected chi connectivity index (χ0v) is 8.40. The second kappa shape index (κ2) is 4.21. The van der Waals surface area contributed by atoms with Crippen LogP contribution in [0.15, 0.2) is 11.3 Å². The van der Waals surface area contributed by atoms with Crippen molar-refractivity contribution in [3.63, 3.8) is 0 Å². The van der Waals surface area contributed by atoms with Crippen LogP contribution in [-0.4, -0.2) is 27.1 Å². The highest BCUT2D eigenvalue weighted by atomic mass is 15.3. The number of nitrogens with one attached hydrogen (secondary N) is 1. The van der Waals surface area contributed by atoms with E-state index in [4.69, 9.17) is 0 Å². The number of aliphatic imine (C=N–C) groups is 1. The van der Waals surface area contributed by atoms with Crippen molar-refractivity contribution in [2.75, 3.05) is 6.54 Å². The van der Waals surface area contributed by atoms with E-state index in [2.05, 4.69) is 20.4 Å². The molecule has 0 radical (unpaired) electrons. The minimum absolute atomic E-state index is 0.680. The Morgan fingerprint density at radius 2 is 2.43 bits per heavy atom. The van der Waals surface area contributed by atoms with Gasteiger partial charge in [0, 0.05) is 20.0 Å². The van der Waals surface area contributed by atoms with Crippen molar-refractivity contribution >= 4 is 5.84 Å². The molecule has 14 heavy (non-hydrogen) atoms. The summed E-state index contributed by atoms with van der Waals surface area (Å²) in [6, 6.07) is 0. The topological polar surface area (TPSA) is 55.1 Å². The van der Waals surface area contributed by atoms with Gasteiger partial charge in [-0.3, -0.25) is 9.67 Å². The lowest BCUT2D eigenvalue weighted by Gasteiger charge is -2.12. The first-order valence-electron chi connectivity index (χ1n) is 4.96.